The number of aryl methyl sites for hydroxylation is 1. The first-order chi connectivity index (χ1) is 15.2. The number of benzene rings is 2. The van der Waals surface area contributed by atoms with E-state index in [1.54, 1.807) is 32.9 Å². The zero-order valence-electron chi connectivity index (χ0n) is 18.6. The molecule has 0 aliphatic rings. The molecule has 0 saturated carbocycles. The van der Waals surface area contributed by atoms with Gasteiger partial charge in [-0.25, -0.2) is 14.6 Å². The molecule has 0 bridgehead atoms. The highest BCUT2D eigenvalue weighted by molar-refractivity contribution is 5.93. The van der Waals surface area contributed by atoms with Crippen molar-refractivity contribution in [3.8, 4) is 5.75 Å². The summed E-state index contributed by atoms with van der Waals surface area (Å²) in [6.07, 6.45) is 0.712. The van der Waals surface area contributed by atoms with Gasteiger partial charge in [-0.2, -0.15) is 0 Å². The fourth-order valence-corrected chi connectivity index (χ4v) is 3.24. The minimum Gasteiger partial charge on any atom is -0.487 e. The lowest BCUT2D eigenvalue weighted by molar-refractivity contribution is 0.0526. The first kappa shape index (κ1) is 23.1. The average Bonchev–Trinajstić information content (AvgIpc) is 2.74. The number of aromatic nitrogens is 1. The number of nitrogens with zero attached hydrogens (tertiary/aromatic N) is 1. The molecular weight excluding hydrogens is 408 g/mol. The van der Waals surface area contributed by atoms with Gasteiger partial charge in [0, 0.05) is 11.9 Å². The normalized spacial score (nSPS) is 11.2. The van der Waals surface area contributed by atoms with Crippen LogP contribution in [0.15, 0.2) is 54.6 Å². The summed E-state index contributed by atoms with van der Waals surface area (Å²) in [5, 5.41) is 13.1. The van der Waals surface area contributed by atoms with E-state index in [9.17, 15) is 14.7 Å². The quantitative estimate of drug-likeness (QED) is 0.484. The maximum absolute atomic E-state index is 11.8. The van der Waals surface area contributed by atoms with Gasteiger partial charge in [-0.15, -0.1) is 0 Å². The Morgan fingerprint density at radius 1 is 1.06 bits per heavy atom. The molecule has 1 aromatic heterocycles. The molecule has 2 N–H and O–H groups in total. The molecule has 0 fully saturated rings. The molecule has 1 heterocycles. The Morgan fingerprint density at radius 2 is 1.81 bits per heavy atom. The predicted molar refractivity (Wildman–Crippen MR) is 122 cm³/mol. The standard InChI is InChI=1S/C25H28N2O5/c1-25(2,3)32-24(30)26-14-8-11-18-15-20(23(28)29)27-22-19(18)12-7-13-21(22)31-16-17-9-5-4-6-10-17/h4-7,9-10,12-13,15H,8,11,14,16H2,1-3H3,(H,26,30)(H,28,29). The molecule has 0 aliphatic heterocycles. The number of pyridine rings is 1. The number of hydrogen-bond acceptors (Lipinski definition) is 5. The van der Waals surface area contributed by atoms with Gasteiger partial charge in [0.15, 0.2) is 0 Å². The second-order valence-corrected chi connectivity index (χ2v) is 8.43. The minimum absolute atomic E-state index is 0.0386. The number of aromatic carboxylic acids is 1. The van der Waals surface area contributed by atoms with Gasteiger partial charge < -0.3 is 19.9 Å². The molecule has 32 heavy (non-hydrogen) atoms. The van der Waals surface area contributed by atoms with Crippen molar-refractivity contribution in [3.63, 3.8) is 0 Å². The molecular formula is C25H28N2O5. The van der Waals surface area contributed by atoms with E-state index in [0.29, 0.717) is 37.3 Å². The number of carbonyl (C=O) groups excluding carboxylic acids is 1. The molecule has 2 aromatic carbocycles. The summed E-state index contributed by atoms with van der Waals surface area (Å²) in [4.78, 5) is 27.8. The van der Waals surface area contributed by atoms with Crippen LogP contribution < -0.4 is 10.1 Å². The molecule has 3 rings (SSSR count). The van der Waals surface area contributed by atoms with E-state index in [1.807, 2.05) is 42.5 Å². The van der Waals surface area contributed by atoms with Gasteiger partial charge in [-0.1, -0.05) is 42.5 Å². The molecule has 0 unspecified atom stereocenters. The Bertz CT molecular complexity index is 1090. The summed E-state index contributed by atoms with van der Waals surface area (Å²) in [7, 11) is 0. The number of alkyl carbamates (subject to hydrolysis) is 1. The van der Waals surface area contributed by atoms with Gasteiger partial charge in [0.2, 0.25) is 0 Å². The Balaban J connectivity index is 1.77. The number of para-hydroxylation sites is 1. The summed E-state index contributed by atoms with van der Waals surface area (Å²) >= 11 is 0. The third-order valence-electron chi connectivity index (χ3n) is 4.64. The number of carbonyl (C=O) groups is 2. The maximum atomic E-state index is 11.8. The van der Waals surface area contributed by atoms with Crippen molar-refractivity contribution in [1.82, 2.24) is 10.3 Å². The van der Waals surface area contributed by atoms with Crippen LogP contribution in [-0.4, -0.2) is 34.3 Å². The van der Waals surface area contributed by atoms with Gasteiger partial charge in [0.25, 0.3) is 0 Å². The first-order valence-corrected chi connectivity index (χ1v) is 10.5. The number of carboxylic acids is 1. The third kappa shape index (κ3) is 6.44. The summed E-state index contributed by atoms with van der Waals surface area (Å²) < 4.78 is 11.2. The smallest absolute Gasteiger partial charge is 0.407 e. The highest BCUT2D eigenvalue weighted by Crippen LogP contribution is 2.28. The Labute approximate surface area is 187 Å². The van der Waals surface area contributed by atoms with Crippen LogP contribution in [0.3, 0.4) is 0 Å². The number of fused-ring (bicyclic) bond motifs is 1. The van der Waals surface area contributed by atoms with Crippen LogP contribution in [0.1, 0.15) is 48.8 Å². The fourth-order valence-electron chi connectivity index (χ4n) is 3.24. The molecule has 7 heteroatoms. The summed E-state index contributed by atoms with van der Waals surface area (Å²) in [6, 6.07) is 16.9. The monoisotopic (exact) mass is 436 g/mol. The van der Waals surface area contributed by atoms with Crippen molar-refractivity contribution in [1.29, 1.82) is 0 Å². The van der Waals surface area contributed by atoms with Gasteiger partial charge in [0.1, 0.15) is 29.2 Å². The average molecular weight is 437 g/mol. The maximum Gasteiger partial charge on any atom is 0.407 e. The van der Waals surface area contributed by atoms with Crippen LogP contribution in [0.25, 0.3) is 10.9 Å². The largest absolute Gasteiger partial charge is 0.487 e. The molecule has 3 aromatic rings. The summed E-state index contributed by atoms with van der Waals surface area (Å²) in [5.41, 5.74) is 1.76. The van der Waals surface area contributed by atoms with E-state index in [1.165, 1.54) is 0 Å². The van der Waals surface area contributed by atoms with Gasteiger partial charge in [0.05, 0.1) is 0 Å². The van der Waals surface area contributed by atoms with Crippen LogP contribution in [0.4, 0.5) is 4.79 Å². The lowest BCUT2D eigenvalue weighted by atomic mass is 10.0. The summed E-state index contributed by atoms with van der Waals surface area (Å²) in [6.45, 7) is 6.18. The molecule has 168 valence electrons. The number of carboxylic acid groups (broad SMARTS) is 1. The van der Waals surface area contributed by atoms with Gasteiger partial charge in [-0.3, -0.25) is 0 Å². The number of rotatable bonds is 8. The molecule has 7 nitrogen and oxygen atoms in total. The van der Waals surface area contributed by atoms with Crippen LogP contribution in [-0.2, 0) is 17.8 Å². The van der Waals surface area contributed by atoms with Crippen molar-refractivity contribution in [3.05, 3.63) is 71.4 Å². The van der Waals surface area contributed by atoms with E-state index < -0.39 is 17.7 Å². The highest BCUT2D eigenvalue weighted by Gasteiger charge is 2.16. The topological polar surface area (TPSA) is 97.8 Å². The number of amides is 1. The molecule has 0 aliphatic carbocycles. The van der Waals surface area contributed by atoms with Gasteiger partial charge in [-0.05, 0) is 56.9 Å². The molecule has 0 saturated heterocycles. The second-order valence-electron chi connectivity index (χ2n) is 8.43. The van der Waals surface area contributed by atoms with Crippen LogP contribution in [0.2, 0.25) is 0 Å². The molecule has 0 atom stereocenters. The predicted octanol–water partition coefficient (Wildman–Crippen LogP) is 4.97. The second kappa shape index (κ2) is 10.1. The van der Waals surface area contributed by atoms with E-state index in [0.717, 1.165) is 16.5 Å². The van der Waals surface area contributed by atoms with E-state index in [2.05, 4.69) is 10.3 Å². The lowest BCUT2D eigenvalue weighted by Crippen LogP contribution is -2.33. The van der Waals surface area contributed by atoms with Crippen molar-refractivity contribution < 1.29 is 24.2 Å². The third-order valence-corrected chi connectivity index (χ3v) is 4.64. The lowest BCUT2D eigenvalue weighted by Gasteiger charge is -2.19. The van der Waals surface area contributed by atoms with Crippen molar-refractivity contribution >= 4 is 23.0 Å². The number of hydrogen-bond donors (Lipinski definition) is 2. The van der Waals surface area contributed by atoms with E-state index in [-0.39, 0.29) is 5.69 Å². The van der Waals surface area contributed by atoms with Crippen LogP contribution in [0, 0.1) is 0 Å². The van der Waals surface area contributed by atoms with Crippen LogP contribution >= 0.6 is 0 Å². The number of ether oxygens (including phenoxy) is 2. The van der Waals surface area contributed by atoms with Crippen molar-refractivity contribution in [2.45, 2.75) is 45.8 Å². The molecule has 0 radical (unpaired) electrons. The SMILES string of the molecule is CC(C)(C)OC(=O)NCCCc1cc(C(=O)O)nc2c(OCc3ccccc3)cccc12. The molecule has 0 spiro atoms. The Kier molecular flexibility index (Phi) is 7.30. The van der Waals surface area contributed by atoms with Gasteiger partial charge >= 0.3 is 12.1 Å². The van der Waals surface area contributed by atoms with E-state index >= 15 is 0 Å². The Morgan fingerprint density at radius 3 is 2.50 bits per heavy atom. The first-order valence-electron chi connectivity index (χ1n) is 10.5. The molecule has 1 amide bonds. The van der Waals surface area contributed by atoms with Crippen LogP contribution in [0.5, 0.6) is 5.75 Å². The minimum atomic E-state index is -1.10. The summed E-state index contributed by atoms with van der Waals surface area (Å²) in [5.74, 6) is -0.569. The fraction of sp³-hybridized carbons (Fsp3) is 0.320. The van der Waals surface area contributed by atoms with E-state index in [4.69, 9.17) is 9.47 Å². The Hall–Kier alpha value is -3.61. The van der Waals surface area contributed by atoms with Crippen molar-refractivity contribution in [2.75, 3.05) is 6.54 Å². The number of nitrogens with one attached hydrogen (secondary N) is 1. The zero-order valence-corrected chi connectivity index (χ0v) is 18.6. The zero-order chi connectivity index (χ0) is 23.1. The highest BCUT2D eigenvalue weighted by atomic mass is 16.6. The van der Waals surface area contributed by atoms with Crippen molar-refractivity contribution in [2.24, 2.45) is 0 Å².